The van der Waals surface area contributed by atoms with E-state index in [-0.39, 0.29) is 11.8 Å². The maximum Gasteiger partial charge on any atom is 0.228 e. The first-order chi connectivity index (χ1) is 7.54. The molecule has 88 valence electrons. The van der Waals surface area contributed by atoms with Gasteiger partial charge in [0.25, 0.3) is 0 Å². The van der Waals surface area contributed by atoms with Crippen molar-refractivity contribution in [2.24, 2.45) is 5.92 Å². The number of carbonyl (C=O) groups excluding carboxylic acids is 1. The molecule has 2 N–H and O–H groups in total. The summed E-state index contributed by atoms with van der Waals surface area (Å²) in [6.45, 7) is 4.48. The summed E-state index contributed by atoms with van der Waals surface area (Å²) in [5.41, 5.74) is 1.74. The zero-order chi connectivity index (χ0) is 12.1. The van der Waals surface area contributed by atoms with Crippen LogP contribution in [0, 0.1) is 12.8 Å². The first kappa shape index (κ1) is 13.0. The van der Waals surface area contributed by atoms with Gasteiger partial charge < -0.3 is 10.6 Å². The van der Waals surface area contributed by atoms with E-state index in [1.807, 2.05) is 39.1 Å². The number of amides is 1. The van der Waals surface area contributed by atoms with Gasteiger partial charge in [0.15, 0.2) is 0 Å². The van der Waals surface area contributed by atoms with Crippen LogP contribution >= 0.6 is 11.6 Å². The second-order valence-electron chi connectivity index (χ2n) is 3.93. The zero-order valence-electron chi connectivity index (χ0n) is 9.80. The number of hydrogen-bond acceptors (Lipinski definition) is 2. The molecule has 1 rings (SSSR count). The van der Waals surface area contributed by atoms with Crippen molar-refractivity contribution in [1.82, 2.24) is 5.32 Å². The van der Waals surface area contributed by atoms with Crippen LogP contribution in [0.15, 0.2) is 18.2 Å². The van der Waals surface area contributed by atoms with Crippen LogP contribution in [0.3, 0.4) is 0 Å². The Bertz CT molecular complexity index is 379. The third kappa shape index (κ3) is 3.51. The molecule has 0 fully saturated rings. The van der Waals surface area contributed by atoms with Crippen molar-refractivity contribution in [1.29, 1.82) is 0 Å². The van der Waals surface area contributed by atoms with E-state index in [1.165, 1.54) is 0 Å². The minimum Gasteiger partial charge on any atom is -0.324 e. The predicted molar refractivity (Wildman–Crippen MR) is 67.9 cm³/mol. The van der Waals surface area contributed by atoms with Crippen molar-refractivity contribution in [3.63, 3.8) is 0 Å². The summed E-state index contributed by atoms with van der Waals surface area (Å²) in [7, 11) is 1.82. The standard InChI is InChI=1S/C12H17ClN2O/c1-8-4-5-11(10(13)6-8)15-12(16)9(2)7-14-3/h4-6,9,14H,7H2,1-3H3,(H,15,16). The van der Waals surface area contributed by atoms with Gasteiger partial charge in [0.1, 0.15) is 0 Å². The van der Waals surface area contributed by atoms with Crippen LogP contribution in [0.25, 0.3) is 0 Å². The molecule has 0 radical (unpaired) electrons. The lowest BCUT2D eigenvalue weighted by molar-refractivity contribution is -0.119. The van der Waals surface area contributed by atoms with Gasteiger partial charge >= 0.3 is 0 Å². The van der Waals surface area contributed by atoms with Gasteiger partial charge in [-0.3, -0.25) is 4.79 Å². The molecule has 1 amide bonds. The van der Waals surface area contributed by atoms with Crippen LogP contribution < -0.4 is 10.6 Å². The molecule has 0 aliphatic carbocycles. The molecule has 1 atom stereocenters. The van der Waals surface area contributed by atoms with Crippen LogP contribution in [0.4, 0.5) is 5.69 Å². The molecule has 0 spiro atoms. The monoisotopic (exact) mass is 240 g/mol. The van der Waals surface area contributed by atoms with Crippen molar-refractivity contribution >= 4 is 23.2 Å². The van der Waals surface area contributed by atoms with Gasteiger partial charge in [0, 0.05) is 12.5 Å². The summed E-state index contributed by atoms with van der Waals surface area (Å²) < 4.78 is 0. The third-order valence-corrected chi connectivity index (χ3v) is 2.65. The summed E-state index contributed by atoms with van der Waals surface area (Å²) in [4.78, 5) is 11.7. The summed E-state index contributed by atoms with van der Waals surface area (Å²) in [6, 6.07) is 5.58. The van der Waals surface area contributed by atoms with Gasteiger partial charge in [-0.2, -0.15) is 0 Å². The number of anilines is 1. The molecule has 1 unspecified atom stereocenters. The molecule has 0 saturated carbocycles. The summed E-state index contributed by atoms with van der Waals surface area (Å²) in [5.74, 6) is -0.109. The number of nitrogens with one attached hydrogen (secondary N) is 2. The molecule has 0 aliphatic rings. The van der Waals surface area contributed by atoms with Crippen molar-refractivity contribution in [3.8, 4) is 0 Å². The Balaban J connectivity index is 2.69. The number of halogens is 1. The molecule has 1 aromatic rings. The van der Waals surface area contributed by atoms with E-state index in [9.17, 15) is 4.79 Å². The van der Waals surface area contributed by atoms with E-state index in [1.54, 1.807) is 0 Å². The summed E-state index contributed by atoms with van der Waals surface area (Å²) in [5, 5.41) is 6.35. The number of rotatable bonds is 4. The molecule has 16 heavy (non-hydrogen) atoms. The topological polar surface area (TPSA) is 41.1 Å². The van der Waals surface area contributed by atoms with Crippen molar-refractivity contribution < 1.29 is 4.79 Å². The van der Waals surface area contributed by atoms with E-state index in [0.29, 0.717) is 17.3 Å². The van der Waals surface area contributed by atoms with E-state index in [0.717, 1.165) is 5.56 Å². The number of aryl methyl sites for hydroxylation is 1. The van der Waals surface area contributed by atoms with Crippen LogP contribution in [-0.4, -0.2) is 19.5 Å². The second kappa shape index (κ2) is 5.87. The maximum atomic E-state index is 11.7. The van der Waals surface area contributed by atoms with E-state index in [2.05, 4.69) is 10.6 Å². The molecule has 4 heteroatoms. The quantitative estimate of drug-likeness (QED) is 0.849. The Morgan fingerprint density at radius 1 is 1.50 bits per heavy atom. The second-order valence-corrected chi connectivity index (χ2v) is 4.34. The van der Waals surface area contributed by atoms with Gasteiger partial charge in [-0.15, -0.1) is 0 Å². The Morgan fingerprint density at radius 2 is 2.19 bits per heavy atom. The first-order valence-electron chi connectivity index (χ1n) is 5.26. The lowest BCUT2D eigenvalue weighted by Crippen LogP contribution is -2.28. The Hall–Kier alpha value is -1.06. The normalized spacial score (nSPS) is 12.2. The average Bonchev–Trinajstić information content (AvgIpc) is 2.22. The largest absolute Gasteiger partial charge is 0.324 e. The first-order valence-corrected chi connectivity index (χ1v) is 5.64. The van der Waals surface area contributed by atoms with Gasteiger partial charge in [-0.1, -0.05) is 24.6 Å². The molecule has 1 aromatic carbocycles. The molecule has 3 nitrogen and oxygen atoms in total. The molecular weight excluding hydrogens is 224 g/mol. The highest BCUT2D eigenvalue weighted by atomic mass is 35.5. The highest BCUT2D eigenvalue weighted by molar-refractivity contribution is 6.33. The molecular formula is C12H17ClN2O. The molecule has 0 bridgehead atoms. The Kier molecular flexibility index (Phi) is 4.77. The molecule has 0 aliphatic heterocycles. The molecule has 0 heterocycles. The van der Waals surface area contributed by atoms with E-state index < -0.39 is 0 Å². The van der Waals surface area contributed by atoms with Crippen LogP contribution in [-0.2, 0) is 4.79 Å². The number of benzene rings is 1. The van der Waals surface area contributed by atoms with Crippen LogP contribution in [0.1, 0.15) is 12.5 Å². The van der Waals surface area contributed by atoms with Gasteiger partial charge in [-0.25, -0.2) is 0 Å². The average molecular weight is 241 g/mol. The van der Waals surface area contributed by atoms with Gasteiger partial charge in [0.2, 0.25) is 5.91 Å². The summed E-state index contributed by atoms with van der Waals surface area (Å²) >= 11 is 6.03. The van der Waals surface area contributed by atoms with E-state index in [4.69, 9.17) is 11.6 Å². The minimum absolute atomic E-state index is 0.0277. The SMILES string of the molecule is CNCC(C)C(=O)Nc1ccc(C)cc1Cl. The molecule has 0 saturated heterocycles. The number of hydrogen-bond donors (Lipinski definition) is 2. The lowest BCUT2D eigenvalue weighted by Gasteiger charge is -2.12. The van der Waals surface area contributed by atoms with E-state index >= 15 is 0 Å². The van der Waals surface area contributed by atoms with Crippen LogP contribution in [0.2, 0.25) is 5.02 Å². The lowest BCUT2D eigenvalue weighted by atomic mass is 10.1. The smallest absolute Gasteiger partial charge is 0.228 e. The fraction of sp³-hybridized carbons (Fsp3) is 0.417. The zero-order valence-corrected chi connectivity index (χ0v) is 10.6. The fourth-order valence-electron chi connectivity index (χ4n) is 1.38. The van der Waals surface area contributed by atoms with Crippen LogP contribution in [0.5, 0.6) is 0 Å². The van der Waals surface area contributed by atoms with Gasteiger partial charge in [-0.05, 0) is 31.7 Å². The van der Waals surface area contributed by atoms with Crippen molar-refractivity contribution in [3.05, 3.63) is 28.8 Å². The number of carbonyl (C=O) groups is 1. The molecule has 0 aromatic heterocycles. The Morgan fingerprint density at radius 3 is 2.75 bits per heavy atom. The fourth-order valence-corrected chi connectivity index (χ4v) is 1.66. The van der Waals surface area contributed by atoms with Crippen molar-refractivity contribution in [2.75, 3.05) is 18.9 Å². The van der Waals surface area contributed by atoms with Crippen molar-refractivity contribution in [2.45, 2.75) is 13.8 Å². The minimum atomic E-state index is -0.0811. The summed E-state index contributed by atoms with van der Waals surface area (Å²) in [6.07, 6.45) is 0. The highest BCUT2D eigenvalue weighted by Crippen LogP contribution is 2.23. The third-order valence-electron chi connectivity index (χ3n) is 2.34. The maximum absolute atomic E-state index is 11.7. The highest BCUT2D eigenvalue weighted by Gasteiger charge is 2.13. The predicted octanol–water partition coefficient (Wildman–Crippen LogP) is 2.44. The Labute approximate surface area is 101 Å². The van der Waals surface area contributed by atoms with Gasteiger partial charge in [0.05, 0.1) is 10.7 Å².